The summed E-state index contributed by atoms with van der Waals surface area (Å²) >= 11 is 0. The summed E-state index contributed by atoms with van der Waals surface area (Å²) in [7, 11) is 0. The molecule has 5 heterocycles. The predicted octanol–water partition coefficient (Wildman–Crippen LogP) is -9.67. The molecule has 22 heteroatoms. The molecule has 4 fully saturated rings. The number of rotatable bonds is 7. The van der Waals surface area contributed by atoms with Gasteiger partial charge in [-0.15, -0.1) is 0 Å². The van der Waals surface area contributed by atoms with Gasteiger partial charge in [-0.25, -0.2) is 9.78 Å². The van der Waals surface area contributed by atoms with Crippen LogP contribution >= 0.6 is 0 Å². The van der Waals surface area contributed by atoms with Crippen LogP contribution < -0.4 is 5.73 Å². The highest BCUT2D eigenvalue weighted by Gasteiger charge is 2.82. The molecule has 0 spiro atoms. The van der Waals surface area contributed by atoms with E-state index in [1.165, 1.54) is 0 Å². The summed E-state index contributed by atoms with van der Waals surface area (Å²) in [5.41, 5.74) is -5.42. The van der Waals surface area contributed by atoms with Gasteiger partial charge in [-0.3, -0.25) is 0 Å². The standard InChI is InChI=1S/C28H42N2O20/c29-24-7(2-1-3-30-24)27(22-18(41)13(36)11(34)8(4-31)48-22)28(46,23-19(42)14(37)12(35)9(5-32)49-23)26(45,10(33)6-47-27)21-17(40)15(38)16(39)20(50-21)25(43)44/h1-3,8-23,31-42,45-46H,4-6H2,(H2,29,30)(H,43,44)/t8-,9-,10-,11+,12+,13+,14+,15+,16+,17-,18-,19-,20+,21?,22?,23?,26-,27?,28-/m1/s1. The molecule has 4 aliphatic heterocycles. The first kappa shape index (κ1) is 38.9. The molecule has 4 aliphatic rings. The molecular weight excluding hydrogens is 684 g/mol. The number of aromatic nitrogens is 1. The molecule has 0 radical (unpaired) electrons. The monoisotopic (exact) mass is 726 g/mol. The molecule has 5 rings (SSSR count). The maximum atomic E-state index is 13.4. The van der Waals surface area contributed by atoms with Crippen molar-refractivity contribution < 1.29 is 100 Å². The Hall–Kier alpha value is -2.30. The number of aliphatic hydroxyl groups is 14. The lowest BCUT2D eigenvalue weighted by Gasteiger charge is -2.67. The van der Waals surface area contributed by atoms with Crippen LogP contribution in [0.25, 0.3) is 0 Å². The largest absolute Gasteiger partial charge is 0.479 e. The lowest BCUT2D eigenvalue weighted by molar-refractivity contribution is -0.441. The van der Waals surface area contributed by atoms with Gasteiger partial charge in [0.15, 0.2) is 22.9 Å². The zero-order chi connectivity index (χ0) is 37.2. The van der Waals surface area contributed by atoms with Crippen LogP contribution in [0.3, 0.4) is 0 Å². The lowest BCUT2D eigenvalue weighted by atomic mass is 9.54. The molecule has 0 saturated carbocycles. The number of nitrogens with two attached hydrogens (primary N) is 1. The van der Waals surface area contributed by atoms with Crippen LogP contribution in [-0.4, -0.2) is 216 Å². The van der Waals surface area contributed by atoms with Crippen LogP contribution in [-0.2, 0) is 29.3 Å². The van der Waals surface area contributed by atoms with Crippen molar-refractivity contribution in [2.45, 2.75) is 114 Å². The number of nitrogens with zero attached hydrogens (tertiary/aromatic N) is 1. The fourth-order valence-corrected chi connectivity index (χ4v) is 7.64. The molecule has 0 bridgehead atoms. The summed E-state index contributed by atoms with van der Waals surface area (Å²) < 4.78 is 22.9. The number of anilines is 1. The zero-order valence-corrected chi connectivity index (χ0v) is 25.9. The molecule has 50 heavy (non-hydrogen) atoms. The first-order valence-electron chi connectivity index (χ1n) is 15.4. The first-order valence-corrected chi connectivity index (χ1v) is 15.4. The Bertz CT molecular complexity index is 1380. The van der Waals surface area contributed by atoms with Crippen LogP contribution in [0.5, 0.6) is 0 Å². The maximum Gasteiger partial charge on any atom is 0.335 e. The molecule has 22 nitrogen and oxygen atoms in total. The number of hydrogen-bond donors (Lipinski definition) is 16. The summed E-state index contributed by atoms with van der Waals surface area (Å²) in [5.74, 6) is -2.61. The highest BCUT2D eigenvalue weighted by atomic mass is 16.6. The predicted molar refractivity (Wildman–Crippen MR) is 154 cm³/mol. The molecular formula is C28H42N2O20. The Kier molecular flexibility index (Phi) is 10.8. The van der Waals surface area contributed by atoms with Gasteiger partial charge in [0.1, 0.15) is 97.4 Å². The number of carboxylic acid groups (broad SMARTS) is 1. The number of carbonyl (C=O) groups is 1. The molecule has 0 amide bonds. The molecule has 19 atom stereocenters. The van der Waals surface area contributed by atoms with Crippen molar-refractivity contribution in [1.29, 1.82) is 0 Å². The Balaban J connectivity index is 1.91. The molecule has 0 aromatic carbocycles. The van der Waals surface area contributed by atoms with Crippen LogP contribution in [0.15, 0.2) is 18.3 Å². The van der Waals surface area contributed by atoms with Crippen LogP contribution in [0.1, 0.15) is 5.56 Å². The van der Waals surface area contributed by atoms with Crippen LogP contribution in [0.4, 0.5) is 5.82 Å². The minimum atomic E-state index is -3.94. The number of aliphatic carboxylic acids is 1. The minimum Gasteiger partial charge on any atom is -0.479 e. The number of ether oxygens (including phenoxy) is 4. The summed E-state index contributed by atoms with van der Waals surface area (Å²) in [6.07, 6.45) is -37.1. The van der Waals surface area contributed by atoms with Crippen LogP contribution in [0, 0.1) is 0 Å². The second kappa shape index (κ2) is 13.9. The van der Waals surface area contributed by atoms with E-state index in [2.05, 4.69) is 4.98 Å². The molecule has 4 saturated heterocycles. The van der Waals surface area contributed by atoms with Gasteiger partial charge < -0.3 is 101 Å². The van der Waals surface area contributed by atoms with Gasteiger partial charge in [0.2, 0.25) is 0 Å². The number of hydrogen-bond acceptors (Lipinski definition) is 21. The van der Waals surface area contributed by atoms with E-state index < -0.39 is 152 Å². The Morgan fingerprint density at radius 3 is 1.76 bits per heavy atom. The van der Waals surface area contributed by atoms with E-state index in [-0.39, 0.29) is 0 Å². The Morgan fingerprint density at radius 1 is 0.740 bits per heavy atom. The zero-order valence-electron chi connectivity index (χ0n) is 25.9. The molecule has 284 valence electrons. The van der Waals surface area contributed by atoms with Gasteiger partial charge in [-0.05, 0) is 6.07 Å². The third-order valence-corrected chi connectivity index (χ3v) is 10.3. The van der Waals surface area contributed by atoms with E-state index in [4.69, 9.17) is 24.7 Å². The van der Waals surface area contributed by atoms with Crippen molar-refractivity contribution in [3.05, 3.63) is 23.9 Å². The third kappa shape index (κ3) is 5.35. The summed E-state index contributed by atoms with van der Waals surface area (Å²) in [6.45, 7) is -3.47. The van der Waals surface area contributed by atoms with Gasteiger partial charge in [-0.2, -0.15) is 0 Å². The molecule has 4 unspecified atom stereocenters. The number of aliphatic hydroxyl groups excluding tert-OH is 12. The Labute approximate surface area is 281 Å². The second-order valence-corrected chi connectivity index (χ2v) is 12.9. The number of pyridine rings is 1. The van der Waals surface area contributed by atoms with Gasteiger partial charge >= 0.3 is 5.97 Å². The minimum absolute atomic E-state index is 0.629. The summed E-state index contributed by atoms with van der Waals surface area (Å²) in [5, 5.41) is 166. The van der Waals surface area contributed by atoms with E-state index in [0.717, 1.165) is 18.3 Å². The average molecular weight is 727 g/mol. The van der Waals surface area contributed by atoms with E-state index in [1.54, 1.807) is 0 Å². The number of nitrogen functional groups attached to an aromatic ring is 1. The van der Waals surface area contributed by atoms with Gasteiger partial charge in [0.05, 0.1) is 19.8 Å². The highest BCUT2D eigenvalue weighted by Crippen LogP contribution is 2.59. The second-order valence-electron chi connectivity index (χ2n) is 12.9. The van der Waals surface area contributed by atoms with E-state index >= 15 is 0 Å². The van der Waals surface area contributed by atoms with Crippen molar-refractivity contribution in [2.24, 2.45) is 0 Å². The maximum absolute atomic E-state index is 13.4. The van der Waals surface area contributed by atoms with Crippen molar-refractivity contribution in [3.63, 3.8) is 0 Å². The van der Waals surface area contributed by atoms with Crippen LogP contribution in [0.2, 0.25) is 0 Å². The van der Waals surface area contributed by atoms with E-state index in [1.807, 2.05) is 0 Å². The van der Waals surface area contributed by atoms with E-state index in [9.17, 15) is 81.4 Å². The fourth-order valence-electron chi connectivity index (χ4n) is 7.64. The number of carboxylic acids is 1. The van der Waals surface area contributed by atoms with E-state index in [0.29, 0.717) is 0 Å². The highest BCUT2D eigenvalue weighted by molar-refractivity contribution is 5.73. The molecule has 1 aromatic heterocycles. The normalized spacial score (nSPS) is 51.6. The van der Waals surface area contributed by atoms with Crippen molar-refractivity contribution in [3.8, 4) is 0 Å². The quantitative estimate of drug-likeness (QED) is 0.124. The first-order chi connectivity index (χ1) is 23.4. The van der Waals surface area contributed by atoms with Gasteiger partial charge in [0, 0.05) is 11.8 Å². The smallest absolute Gasteiger partial charge is 0.335 e. The van der Waals surface area contributed by atoms with Gasteiger partial charge in [0.25, 0.3) is 0 Å². The SMILES string of the molecule is Nc1ncccc1C1(C2O[C@H](CO)[C@H](O)[C@H](O)[C@H]2O)OC[C@@H](O)[C@@](O)(C2O[C@H](C(=O)O)[C@@H](O)[C@H](O)[C@H]2O)[C@]1(O)C1O[C@H](CO)[C@H](O)[C@H](O)[C@H]1O. The molecule has 0 aliphatic carbocycles. The third-order valence-electron chi connectivity index (χ3n) is 10.3. The summed E-state index contributed by atoms with van der Waals surface area (Å²) in [4.78, 5) is 16.0. The fraction of sp³-hybridized carbons (Fsp3) is 0.786. The van der Waals surface area contributed by atoms with Crippen molar-refractivity contribution >= 4 is 11.8 Å². The topological polar surface area (TPSA) is 396 Å². The lowest BCUT2D eigenvalue weighted by Crippen LogP contribution is -2.90. The van der Waals surface area contributed by atoms with Gasteiger partial charge in [-0.1, -0.05) is 6.07 Å². The molecule has 1 aromatic rings. The van der Waals surface area contributed by atoms with Crippen molar-refractivity contribution in [1.82, 2.24) is 4.98 Å². The average Bonchev–Trinajstić information content (AvgIpc) is 3.08. The molecule has 17 N–H and O–H groups in total. The Morgan fingerprint density at radius 2 is 1.24 bits per heavy atom. The summed E-state index contributed by atoms with van der Waals surface area (Å²) in [6, 6.07) is 2.19. The van der Waals surface area contributed by atoms with Crippen molar-refractivity contribution in [2.75, 3.05) is 25.6 Å².